The van der Waals surface area contributed by atoms with Crippen molar-refractivity contribution in [1.82, 2.24) is 9.80 Å². The Kier molecular flexibility index (Phi) is 6.25. The van der Waals surface area contributed by atoms with E-state index in [4.69, 9.17) is 5.11 Å². The lowest BCUT2D eigenvalue weighted by molar-refractivity contribution is 0.0692. The molecule has 0 unspecified atom stereocenters. The summed E-state index contributed by atoms with van der Waals surface area (Å²) in [7, 11) is 3.82. The van der Waals surface area contributed by atoms with E-state index < -0.39 is 5.97 Å². The van der Waals surface area contributed by atoms with Crippen LogP contribution in [0.5, 0.6) is 0 Å². The molecule has 0 heterocycles. The first kappa shape index (κ1) is 18.6. The van der Waals surface area contributed by atoms with Crippen molar-refractivity contribution in [2.24, 2.45) is 0 Å². The van der Waals surface area contributed by atoms with Gasteiger partial charge in [-0.3, -0.25) is 4.79 Å². The first-order valence-electron chi connectivity index (χ1n) is 7.88. The smallest absolute Gasteiger partial charge is 0.335 e. The summed E-state index contributed by atoms with van der Waals surface area (Å²) in [4.78, 5) is 27.3. The van der Waals surface area contributed by atoms with Crippen molar-refractivity contribution in [3.8, 4) is 0 Å². The van der Waals surface area contributed by atoms with E-state index in [2.05, 4.69) is 0 Å². The number of hydrogen-bond acceptors (Lipinski definition) is 3. The number of rotatable bonds is 7. The summed E-state index contributed by atoms with van der Waals surface area (Å²) < 4.78 is 13.4. The Morgan fingerprint density at radius 2 is 1.64 bits per heavy atom. The van der Waals surface area contributed by atoms with Gasteiger partial charge in [-0.05, 0) is 56.1 Å². The Labute approximate surface area is 146 Å². The van der Waals surface area contributed by atoms with E-state index in [1.807, 2.05) is 19.0 Å². The lowest BCUT2D eigenvalue weighted by Gasteiger charge is -2.25. The molecular weight excluding hydrogens is 323 g/mol. The minimum absolute atomic E-state index is 0.126. The van der Waals surface area contributed by atoms with Crippen LogP contribution in [0.3, 0.4) is 0 Å². The third-order valence-electron chi connectivity index (χ3n) is 3.75. The van der Waals surface area contributed by atoms with Gasteiger partial charge >= 0.3 is 5.97 Å². The van der Waals surface area contributed by atoms with Gasteiger partial charge in [0.15, 0.2) is 0 Å². The first-order valence-corrected chi connectivity index (χ1v) is 7.88. The van der Waals surface area contributed by atoms with Gasteiger partial charge in [0.2, 0.25) is 0 Å². The number of nitrogens with zero attached hydrogens (tertiary/aromatic N) is 2. The Morgan fingerprint density at radius 3 is 2.20 bits per heavy atom. The summed E-state index contributed by atoms with van der Waals surface area (Å²) in [6, 6.07) is 12.0. The molecular formula is C19H21FN2O3. The number of likely N-dealkylation sites (N-methyl/N-ethyl adjacent to an activating group) is 1. The zero-order valence-electron chi connectivity index (χ0n) is 14.3. The summed E-state index contributed by atoms with van der Waals surface area (Å²) in [6.07, 6.45) is 0. The summed E-state index contributed by atoms with van der Waals surface area (Å²) in [6.45, 7) is 1.42. The van der Waals surface area contributed by atoms with Crippen molar-refractivity contribution < 1.29 is 19.1 Å². The maximum atomic E-state index is 13.4. The van der Waals surface area contributed by atoms with Crippen LogP contribution in [0.15, 0.2) is 48.5 Å². The van der Waals surface area contributed by atoms with Crippen LogP contribution < -0.4 is 0 Å². The lowest BCUT2D eigenvalue weighted by Crippen LogP contribution is -2.36. The second kappa shape index (κ2) is 8.39. The third kappa shape index (κ3) is 5.39. The molecule has 25 heavy (non-hydrogen) atoms. The fourth-order valence-electron chi connectivity index (χ4n) is 2.37. The fourth-order valence-corrected chi connectivity index (χ4v) is 2.37. The van der Waals surface area contributed by atoms with Crippen molar-refractivity contribution in [2.75, 3.05) is 27.2 Å². The highest BCUT2D eigenvalue weighted by molar-refractivity contribution is 5.95. The number of carbonyl (C=O) groups excluding carboxylic acids is 1. The quantitative estimate of drug-likeness (QED) is 0.839. The molecule has 0 aliphatic rings. The first-order chi connectivity index (χ1) is 11.9. The second-order valence-corrected chi connectivity index (χ2v) is 6.04. The Morgan fingerprint density at radius 1 is 1.00 bits per heavy atom. The molecule has 0 atom stereocenters. The molecule has 0 radical (unpaired) electrons. The Bertz CT molecular complexity index is 745. The van der Waals surface area contributed by atoms with E-state index in [-0.39, 0.29) is 23.8 Å². The number of halogens is 1. The van der Waals surface area contributed by atoms with Crippen LogP contribution in [0, 0.1) is 5.82 Å². The predicted molar refractivity (Wildman–Crippen MR) is 93.1 cm³/mol. The van der Waals surface area contributed by atoms with Crippen LogP contribution in [0.25, 0.3) is 0 Å². The van der Waals surface area contributed by atoms with Crippen molar-refractivity contribution in [2.45, 2.75) is 6.54 Å². The predicted octanol–water partition coefficient (Wildman–Crippen LogP) is 2.73. The van der Waals surface area contributed by atoms with Crippen molar-refractivity contribution in [1.29, 1.82) is 0 Å². The number of carbonyl (C=O) groups is 2. The largest absolute Gasteiger partial charge is 0.478 e. The molecule has 0 aliphatic heterocycles. The van der Waals surface area contributed by atoms with Crippen LogP contribution in [-0.2, 0) is 6.54 Å². The highest BCUT2D eigenvalue weighted by Gasteiger charge is 2.17. The van der Waals surface area contributed by atoms with Gasteiger partial charge in [-0.25, -0.2) is 9.18 Å². The van der Waals surface area contributed by atoms with Crippen molar-refractivity contribution in [3.05, 3.63) is 71.0 Å². The highest BCUT2D eigenvalue weighted by atomic mass is 19.1. The van der Waals surface area contributed by atoms with Gasteiger partial charge in [-0.15, -0.1) is 0 Å². The number of aromatic carboxylic acids is 1. The number of carboxylic acid groups (broad SMARTS) is 1. The van der Waals surface area contributed by atoms with Crippen LogP contribution >= 0.6 is 0 Å². The molecule has 2 aromatic rings. The summed E-state index contributed by atoms with van der Waals surface area (Å²) in [5.41, 5.74) is 1.23. The number of benzene rings is 2. The van der Waals surface area contributed by atoms with Crippen LogP contribution in [-0.4, -0.2) is 54.0 Å². The second-order valence-electron chi connectivity index (χ2n) is 6.04. The molecule has 0 spiro atoms. The van der Waals surface area contributed by atoms with E-state index >= 15 is 0 Å². The van der Waals surface area contributed by atoms with Gasteiger partial charge in [0, 0.05) is 25.2 Å². The Hall–Kier alpha value is -2.73. The van der Waals surface area contributed by atoms with Crippen LogP contribution in [0.2, 0.25) is 0 Å². The van der Waals surface area contributed by atoms with Gasteiger partial charge in [0.05, 0.1) is 5.56 Å². The molecule has 5 nitrogen and oxygen atoms in total. The maximum Gasteiger partial charge on any atom is 0.335 e. The number of hydrogen-bond donors (Lipinski definition) is 1. The zero-order chi connectivity index (χ0) is 18.4. The average Bonchev–Trinajstić information content (AvgIpc) is 2.58. The highest BCUT2D eigenvalue weighted by Crippen LogP contribution is 2.13. The summed E-state index contributed by atoms with van der Waals surface area (Å²) >= 11 is 0. The minimum Gasteiger partial charge on any atom is -0.478 e. The normalized spacial score (nSPS) is 10.7. The molecule has 0 saturated carbocycles. The van der Waals surface area contributed by atoms with Gasteiger partial charge in [-0.2, -0.15) is 0 Å². The average molecular weight is 344 g/mol. The topological polar surface area (TPSA) is 60.9 Å². The van der Waals surface area contributed by atoms with Gasteiger partial charge < -0.3 is 14.9 Å². The van der Waals surface area contributed by atoms with E-state index in [0.29, 0.717) is 24.2 Å². The maximum absolute atomic E-state index is 13.4. The van der Waals surface area contributed by atoms with Gasteiger partial charge in [-0.1, -0.05) is 12.1 Å². The van der Waals surface area contributed by atoms with E-state index in [1.165, 1.54) is 36.4 Å². The van der Waals surface area contributed by atoms with E-state index in [9.17, 15) is 14.0 Å². The summed E-state index contributed by atoms with van der Waals surface area (Å²) in [5.74, 6) is -1.60. The zero-order valence-corrected chi connectivity index (χ0v) is 14.3. The Balaban J connectivity index is 2.20. The molecule has 0 fully saturated rings. The monoisotopic (exact) mass is 344 g/mol. The standard InChI is InChI=1S/C19H21FN2O3/c1-21(2)10-11-22(13-14-4-3-5-17(20)12-14)18(23)15-6-8-16(9-7-15)19(24)25/h3-9,12H,10-11,13H2,1-2H3,(H,24,25). The molecule has 132 valence electrons. The fraction of sp³-hybridized carbons (Fsp3) is 0.263. The molecule has 2 rings (SSSR count). The third-order valence-corrected chi connectivity index (χ3v) is 3.75. The van der Waals surface area contributed by atoms with E-state index in [0.717, 1.165) is 0 Å². The SMILES string of the molecule is CN(C)CCN(Cc1cccc(F)c1)C(=O)c1ccc(C(=O)O)cc1. The molecule has 2 aromatic carbocycles. The van der Waals surface area contributed by atoms with Crippen molar-refractivity contribution in [3.63, 3.8) is 0 Å². The molecule has 1 amide bonds. The molecule has 6 heteroatoms. The van der Waals surface area contributed by atoms with Crippen molar-refractivity contribution >= 4 is 11.9 Å². The molecule has 0 bridgehead atoms. The molecule has 0 saturated heterocycles. The number of carboxylic acids is 1. The van der Waals surface area contributed by atoms with Crippen LogP contribution in [0.1, 0.15) is 26.3 Å². The number of amides is 1. The molecule has 0 aromatic heterocycles. The van der Waals surface area contributed by atoms with Gasteiger partial charge in [0.1, 0.15) is 5.82 Å². The van der Waals surface area contributed by atoms with Crippen LogP contribution in [0.4, 0.5) is 4.39 Å². The lowest BCUT2D eigenvalue weighted by atomic mass is 10.1. The van der Waals surface area contributed by atoms with E-state index in [1.54, 1.807) is 17.0 Å². The molecule has 0 aliphatic carbocycles. The molecule has 1 N–H and O–H groups in total. The van der Waals surface area contributed by atoms with Gasteiger partial charge in [0.25, 0.3) is 5.91 Å². The summed E-state index contributed by atoms with van der Waals surface area (Å²) in [5, 5.41) is 8.95. The minimum atomic E-state index is -1.04.